The van der Waals surface area contributed by atoms with E-state index in [1.165, 1.54) is 25.7 Å². The summed E-state index contributed by atoms with van der Waals surface area (Å²) in [5.74, 6) is -2.01. The Morgan fingerprint density at radius 3 is 1.87 bits per heavy atom. The lowest BCUT2D eigenvalue weighted by Crippen LogP contribution is -2.25. The van der Waals surface area contributed by atoms with Gasteiger partial charge in [0, 0.05) is 0 Å². The summed E-state index contributed by atoms with van der Waals surface area (Å²) < 4.78 is 68.5. The second-order valence-corrected chi connectivity index (χ2v) is 8.56. The van der Waals surface area contributed by atoms with Crippen molar-refractivity contribution in [3.63, 3.8) is 0 Å². The van der Waals surface area contributed by atoms with Gasteiger partial charge in [-0.1, -0.05) is 24.3 Å². The molecule has 0 heterocycles. The molecule has 0 amide bonds. The van der Waals surface area contributed by atoms with Crippen molar-refractivity contribution in [1.29, 1.82) is 0 Å². The molecule has 0 spiro atoms. The molecule has 0 atom stereocenters. The third-order valence-corrected chi connectivity index (χ3v) is 6.65. The highest BCUT2D eigenvalue weighted by molar-refractivity contribution is 5.33. The summed E-state index contributed by atoms with van der Waals surface area (Å²) in [5.41, 5.74) is 0.427. The molecule has 0 N–H and O–H groups in total. The van der Waals surface area contributed by atoms with Crippen molar-refractivity contribution < 1.29 is 26.7 Å². The number of alkyl halides is 3. The Morgan fingerprint density at radius 2 is 1.37 bits per heavy atom. The van der Waals surface area contributed by atoms with E-state index in [9.17, 15) is 22.0 Å². The molecule has 166 valence electrons. The van der Waals surface area contributed by atoms with Crippen LogP contribution in [0.2, 0.25) is 0 Å². The summed E-state index contributed by atoms with van der Waals surface area (Å²) in [6.07, 6.45) is 11.8. The summed E-state index contributed by atoms with van der Waals surface area (Å²) in [6.45, 7) is 2.00. The van der Waals surface area contributed by atoms with Crippen molar-refractivity contribution in [2.75, 3.05) is 0 Å². The number of hydrogen-bond donors (Lipinski definition) is 0. The van der Waals surface area contributed by atoms with E-state index in [0.29, 0.717) is 23.3 Å². The van der Waals surface area contributed by atoms with Crippen LogP contribution in [0.1, 0.15) is 69.8 Å². The minimum Gasteiger partial charge on any atom is -0.399 e. The molecule has 0 saturated heterocycles. The average Bonchev–Trinajstić information content (AvgIpc) is 2.71. The van der Waals surface area contributed by atoms with E-state index < -0.39 is 23.7 Å². The Kier molecular flexibility index (Phi) is 7.59. The number of allylic oxidation sites excluding steroid dienone is 4. The highest BCUT2D eigenvalue weighted by atomic mass is 19.4. The molecular weight excluding hydrogens is 399 g/mol. The third kappa shape index (κ3) is 6.08. The minimum absolute atomic E-state index is 0.0229. The lowest BCUT2D eigenvalue weighted by Gasteiger charge is -2.37. The minimum atomic E-state index is -5.12. The first kappa shape index (κ1) is 22.8. The maximum Gasteiger partial charge on any atom is 0.573 e. The van der Waals surface area contributed by atoms with Gasteiger partial charge in [0.15, 0.2) is 11.6 Å². The van der Waals surface area contributed by atoms with E-state index in [0.717, 1.165) is 37.8 Å². The SMILES string of the molecule is CC=CC=CC1CCC(C2CCC(c3cc(F)c(OC(F)(F)F)c(F)c3)CC2)CC1. The van der Waals surface area contributed by atoms with Gasteiger partial charge in [-0.15, -0.1) is 13.2 Å². The Balaban J connectivity index is 1.54. The zero-order valence-corrected chi connectivity index (χ0v) is 17.2. The molecule has 2 aliphatic carbocycles. The van der Waals surface area contributed by atoms with E-state index in [2.05, 4.69) is 23.0 Å². The van der Waals surface area contributed by atoms with E-state index in [1.807, 2.05) is 13.0 Å². The quantitative estimate of drug-likeness (QED) is 0.340. The van der Waals surface area contributed by atoms with Crippen LogP contribution in [0.25, 0.3) is 0 Å². The van der Waals surface area contributed by atoms with E-state index in [1.54, 1.807) is 0 Å². The first-order valence-electron chi connectivity index (χ1n) is 10.8. The summed E-state index contributed by atoms with van der Waals surface area (Å²) in [6, 6.07) is 1.99. The zero-order valence-electron chi connectivity index (χ0n) is 17.2. The van der Waals surface area contributed by atoms with Crippen LogP contribution in [0.15, 0.2) is 36.4 Å². The van der Waals surface area contributed by atoms with E-state index in [4.69, 9.17) is 0 Å². The highest BCUT2D eigenvalue weighted by Crippen LogP contribution is 2.45. The molecule has 1 aromatic carbocycles. The van der Waals surface area contributed by atoms with Gasteiger partial charge in [0.1, 0.15) is 0 Å². The van der Waals surface area contributed by atoms with Crippen molar-refractivity contribution in [2.24, 2.45) is 17.8 Å². The fraction of sp³-hybridized carbons (Fsp3) is 0.583. The molecule has 2 aliphatic rings. The van der Waals surface area contributed by atoms with Crippen LogP contribution in [0.5, 0.6) is 5.75 Å². The Labute approximate surface area is 175 Å². The number of rotatable bonds is 5. The third-order valence-electron chi connectivity index (χ3n) is 6.65. The summed E-state index contributed by atoms with van der Waals surface area (Å²) in [5, 5.41) is 0. The second kappa shape index (κ2) is 9.97. The fourth-order valence-corrected chi connectivity index (χ4v) is 5.09. The average molecular weight is 428 g/mol. The number of halogens is 5. The smallest absolute Gasteiger partial charge is 0.399 e. The lowest BCUT2D eigenvalue weighted by atomic mass is 9.68. The molecule has 3 rings (SSSR count). The molecule has 0 aliphatic heterocycles. The molecule has 2 fully saturated rings. The highest BCUT2D eigenvalue weighted by Gasteiger charge is 2.35. The van der Waals surface area contributed by atoms with Crippen molar-refractivity contribution >= 4 is 0 Å². The first-order valence-corrected chi connectivity index (χ1v) is 10.8. The maximum atomic E-state index is 14.0. The van der Waals surface area contributed by atoms with Crippen LogP contribution in [-0.4, -0.2) is 6.36 Å². The van der Waals surface area contributed by atoms with Crippen molar-refractivity contribution in [1.82, 2.24) is 0 Å². The van der Waals surface area contributed by atoms with Gasteiger partial charge in [-0.2, -0.15) is 0 Å². The molecular formula is C24H29F5O. The Morgan fingerprint density at radius 1 is 0.833 bits per heavy atom. The normalized spacial score (nSPS) is 28.3. The van der Waals surface area contributed by atoms with Crippen molar-refractivity contribution in [3.05, 3.63) is 53.6 Å². The van der Waals surface area contributed by atoms with Crippen LogP contribution < -0.4 is 4.74 Å². The first-order chi connectivity index (χ1) is 14.3. The molecule has 0 bridgehead atoms. The largest absolute Gasteiger partial charge is 0.573 e. The van der Waals surface area contributed by atoms with Gasteiger partial charge in [0.05, 0.1) is 0 Å². The second-order valence-electron chi connectivity index (χ2n) is 8.56. The summed E-state index contributed by atoms with van der Waals surface area (Å²) >= 11 is 0. The monoisotopic (exact) mass is 428 g/mol. The van der Waals surface area contributed by atoms with Crippen LogP contribution in [0.3, 0.4) is 0 Å². The standard InChI is InChI=1S/C24H29F5O/c1-2-3-4-5-16-6-8-17(9-7-16)18-10-12-19(13-11-18)20-14-21(25)23(22(26)15-20)30-24(27,28)29/h2-5,14-19H,6-13H2,1H3. The fourth-order valence-electron chi connectivity index (χ4n) is 5.09. The van der Waals surface area contributed by atoms with Gasteiger partial charge < -0.3 is 4.74 Å². The van der Waals surface area contributed by atoms with Gasteiger partial charge in [-0.3, -0.25) is 0 Å². The molecule has 30 heavy (non-hydrogen) atoms. The predicted octanol–water partition coefficient (Wildman–Crippen LogP) is 8.08. The van der Waals surface area contributed by atoms with Crippen LogP contribution in [0.4, 0.5) is 22.0 Å². The Hall–Kier alpha value is -1.85. The van der Waals surface area contributed by atoms with E-state index >= 15 is 0 Å². The molecule has 1 aromatic rings. The van der Waals surface area contributed by atoms with Gasteiger partial charge in [-0.05, 0) is 99.7 Å². The molecule has 2 saturated carbocycles. The van der Waals surface area contributed by atoms with Gasteiger partial charge in [-0.25, -0.2) is 8.78 Å². The predicted molar refractivity (Wildman–Crippen MR) is 107 cm³/mol. The zero-order chi connectivity index (χ0) is 21.7. The summed E-state index contributed by atoms with van der Waals surface area (Å²) in [7, 11) is 0. The maximum absolute atomic E-state index is 14.0. The van der Waals surface area contributed by atoms with Crippen LogP contribution >= 0.6 is 0 Å². The molecule has 0 aromatic heterocycles. The topological polar surface area (TPSA) is 9.23 Å². The van der Waals surface area contributed by atoms with Crippen LogP contribution in [0, 0.1) is 29.4 Å². The van der Waals surface area contributed by atoms with Crippen LogP contribution in [-0.2, 0) is 0 Å². The molecule has 6 heteroatoms. The van der Waals surface area contributed by atoms with Gasteiger partial charge in [0.2, 0.25) is 5.75 Å². The van der Waals surface area contributed by atoms with Crippen molar-refractivity contribution in [2.45, 2.75) is 70.6 Å². The van der Waals surface area contributed by atoms with Crippen molar-refractivity contribution in [3.8, 4) is 5.75 Å². The van der Waals surface area contributed by atoms with E-state index in [-0.39, 0.29) is 5.92 Å². The molecule has 0 radical (unpaired) electrons. The van der Waals surface area contributed by atoms with Gasteiger partial charge >= 0.3 is 6.36 Å². The number of ether oxygens (including phenoxy) is 1. The number of benzene rings is 1. The molecule has 0 unspecified atom stereocenters. The number of hydrogen-bond acceptors (Lipinski definition) is 1. The Bertz CT molecular complexity index is 728. The lowest BCUT2D eigenvalue weighted by molar-refractivity contribution is -0.276. The summed E-state index contributed by atoms with van der Waals surface area (Å²) in [4.78, 5) is 0. The van der Waals surface area contributed by atoms with Gasteiger partial charge in [0.25, 0.3) is 0 Å². The molecule has 1 nitrogen and oxygen atoms in total.